The van der Waals surface area contributed by atoms with E-state index in [0.717, 1.165) is 11.3 Å². The molecule has 2 N–H and O–H groups in total. The lowest BCUT2D eigenvalue weighted by Gasteiger charge is -2.01. The van der Waals surface area contributed by atoms with Gasteiger partial charge in [0.2, 0.25) is 0 Å². The molecule has 0 aliphatic heterocycles. The number of fused-ring (bicyclic) bond motifs is 1. The number of hydrogen-bond donors (Lipinski definition) is 1. The van der Waals surface area contributed by atoms with Gasteiger partial charge in [0.1, 0.15) is 5.15 Å². The first-order valence-electron chi connectivity index (χ1n) is 3.58. The molecule has 4 heteroatoms. The summed E-state index contributed by atoms with van der Waals surface area (Å²) in [5.41, 5.74) is 8.05. The lowest BCUT2D eigenvalue weighted by atomic mass is 10.4. The van der Waals surface area contributed by atoms with Crippen molar-refractivity contribution in [1.82, 2.24) is 9.38 Å². The van der Waals surface area contributed by atoms with Gasteiger partial charge >= 0.3 is 0 Å². The van der Waals surface area contributed by atoms with E-state index in [9.17, 15) is 0 Å². The third kappa shape index (κ3) is 0.865. The summed E-state index contributed by atoms with van der Waals surface area (Å²) in [6.45, 7) is 1.94. The maximum Gasteiger partial charge on any atom is 0.161 e. The number of nitrogen functional groups attached to an aromatic ring is 1. The third-order valence-corrected chi connectivity index (χ3v) is 2.11. The highest BCUT2D eigenvalue weighted by molar-refractivity contribution is 6.30. The molecule has 2 aromatic rings. The number of aromatic nitrogens is 2. The summed E-state index contributed by atoms with van der Waals surface area (Å²) in [5, 5.41) is 0.634. The topological polar surface area (TPSA) is 43.3 Å². The first-order chi connectivity index (χ1) is 5.70. The van der Waals surface area contributed by atoms with Gasteiger partial charge in [-0.1, -0.05) is 11.6 Å². The molecule has 0 saturated heterocycles. The van der Waals surface area contributed by atoms with Crippen molar-refractivity contribution < 1.29 is 0 Å². The molecule has 0 spiro atoms. The maximum atomic E-state index is 5.94. The number of halogens is 1. The van der Waals surface area contributed by atoms with Gasteiger partial charge in [0, 0.05) is 11.9 Å². The summed E-state index contributed by atoms with van der Waals surface area (Å²) in [6, 6.07) is 3.52. The van der Waals surface area contributed by atoms with E-state index < -0.39 is 0 Å². The van der Waals surface area contributed by atoms with Crippen LogP contribution in [0.2, 0.25) is 5.15 Å². The van der Waals surface area contributed by atoms with Crippen LogP contribution in [0.25, 0.3) is 5.65 Å². The summed E-state index contributed by atoms with van der Waals surface area (Å²) in [6.07, 6.45) is 1.75. The molecule has 12 heavy (non-hydrogen) atoms. The second kappa shape index (κ2) is 2.38. The molecule has 2 heterocycles. The van der Waals surface area contributed by atoms with E-state index in [4.69, 9.17) is 17.3 Å². The third-order valence-electron chi connectivity index (χ3n) is 1.81. The number of rotatable bonds is 0. The van der Waals surface area contributed by atoms with Crippen molar-refractivity contribution in [1.29, 1.82) is 0 Å². The molecule has 0 amide bonds. The van der Waals surface area contributed by atoms with Crippen LogP contribution in [-0.2, 0) is 0 Å². The average molecular weight is 182 g/mol. The quantitative estimate of drug-likeness (QED) is 0.631. The van der Waals surface area contributed by atoms with Gasteiger partial charge in [0.15, 0.2) is 5.65 Å². The highest BCUT2D eigenvalue weighted by Crippen LogP contribution is 2.19. The molecule has 0 bridgehead atoms. The monoisotopic (exact) mass is 181 g/mol. The second-order valence-electron chi connectivity index (χ2n) is 2.67. The molecule has 3 nitrogen and oxygen atoms in total. The van der Waals surface area contributed by atoms with Crippen molar-refractivity contribution in [2.45, 2.75) is 6.92 Å². The molecule has 0 fully saturated rings. The van der Waals surface area contributed by atoms with E-state index in [0.29, 0.717) is 10.8 Å². The summed E-state index contributed by atoms with van der Waals surface area (Å²) in [7, 11) is 0. The molecule has 0 aliphatic carbocycles. The van der Waals surface area contributed by atoms with Gasteiger partial charge in [0.25, 0.3) is 0 Å². The molecule has 0 unspecified atom stereocenters. The minimum atomic E-state index is 0.634. The van der Waals surface area contributed by atoms with Crippen LogP contribution in [0.3, 0.4) is 0 Å². The largest absolute Gasteiger partial charge is 0.396 e. The van der Waals surface area contributed by atoms with E-state index in [1.165, 1.54) is 0 Å². The van der Waals surface area contributed by atoms with E-state index in [1.54, 1.807) is 18.3 Å². The number of anilines is 1. The Kier molecular flexibility index (Phi) is 1.48. The zero-order chi connectivity index (χ0) is 8.72. The highest BCUT2D eigenvalue weighted by Gasteiger charge is 2.04. The summed E-state index contributed by atoms with van der Waals surface area (Å²) >= 11 is 5.94. The number of nitrogens with zero attached hydrogens (tertiary/aromatic N) is 2. The minimum absolute atomic E-state index is 0.634. The zero-order valence-electron chi connectivity index (χ0n) is 6.58. The molecule has 0 radical (unpaired) electrons. The van der Waals surface area contributed by atoms with Gasteiger partial charge in [-0.3, -0.25) is 4.40 Å². The summed E-state index contributed by atoms with van der Waals surface area (Å²) < 4.78 is 1.82. The van der Waals surface area contributed by atoms with E-state index >= 15 is 0 Å². The van der Waals surface area contributed by atoms with Gasteiger partial charge in [-0.2, -0.15) is 0 Å². The number of aryl methyl sites for hydroxylation is 1. The van der Waals surface area contributed by atoms with Crippen LogP contribution in [0.15, 0.2) is 18.3 Å². The van der Waals surface area contributed by atoms with Crippen LogP contribution in [0.1, 0.15) is 5.69 Å². The molecular formula is C8H8ClN3. The van der Waals surface area contributed by atoms with Crippen molar-refractivity contribution in [3.8, 4) is 0 Å². The average Bonchev–Trinajstić information content (AvgIpc) is 2.42. The molecule has 0 saturated carbocycles. The fourth-order valence-corrected chi connectivity index (χ4v) is 1.49. The fraction of sp³-hybridized carbons (Fsp3) is 0.125. The summed E-state index contributed by atoms with van der Waals surface area (Å²) in [4.78, 5) is 4.13. The Bertz CT molecular complexity index is 433. The normalized spacial score (nSPS) is 10.8. The van der Waals surface area contributed by atoms with Gasteiger partial charge < -0.3 is 5.73 Å². The van der Waals surface area contributed by atoms with Crippen LogP contribution in [-0.4, -0.2) is 9.38 Å². The minimum Gasteiger partial charge on any atom is -0.396 e. The molecule has 2 aromatic heterocycles. The van der Waals surface area contributed by atoms with Crippen molar-refractivity contribution in [2.75, 3.05) is 5.73 Å². The van der Waals surface area contributed by atoms with E-state index in [2.05, 4.69) is 4.98 Å². The Morgan fingerprint density at radius 1 is 1.50 bits per heavy atom. The zero-order valence-corrected chi connectivity index (χ0v) is 7.34. The molecule has 2 rings (SSSR count). The van der Waals surface area contributed by atoms with Gasteiger partial charge in [0.05, 0.1) is 5.69 Å². The predicted molar refractivity (Wildman–Crippen MR) is 49.4 cm³/mol. The number of nitrogens with two attached hydrogens (primary N) is 1. The fourth-order valence-electron chi connectivity index (χ4n) is 1.22. The Hall–Kier alpha value is -1.22. The smallest absolute Gasteiger partial charge is 0.161 e. The lowest BCUT2D eigenvalue weighted by Crippen LogP contribution is -1.94. The molecular weight excluding hydrogens is 174 g/mol. The van der Waals surface area contributed by atoms with Crippen LogP contribution in [0.5, 0.6) is 0 Å². The van der Waals surface area contributed by atoms with Crippen LogP contribution >= 0.6 is 11.6 Å². The van der Waals surface area contributed by atoms with E-state index in [1.807, 2.05) is 11.3 Å². The van der Waals surface area contributed by atoms with Gasteiger partial charge in [-0.05, 0) is 19.1 Å². The van der Waals surface area contributed by atoms with Crippen LogP contribution < -0.4 is 5.73 Å². The number of pyridine rings is 1. The van der Waals surface area contributed by atoms with E-state index in [-0.39, 0.29) is 0 Å². The summed E-state index contributed by atoms with van der Waals surface area (Å²) in [5.74, 6) is 0. The highest BCUT2D eigenvalue weighted by atomic mass is 35.5. The lowest BCUT2D eigenvalue weighted by molar-refractivity contribution is 1.11. The first-order valence-corrected chi connectivity index (χ1v) is 3.96. The second-order valence-corrected chi connectivity index (χ2v) is 3.06. The van der Waals surface area contributed by atoms with Crippen LogP contribution in [0, 0.1) is 6.92 Å². The number of hydrogen-bond acceptors (Lipinski definition) is 2. The molecule has 62 valence electrons. The standard InChI is InChI=1S/C8H8ClN3/c1-5-4-11-8-6(10)2-3-7(9)12(5)8/h2-4H,10H2,1H3. The molecule has 0 atom stereocenters. The Morgan fingerprint density at radius 3 is 2.92 bits per heavy atom. The first kappa shape index (κ1) is 7.43. The Morgan fingerprint density at radius 2 is 2.25 bits per heavy atom. The maximum absolute atomic E-state index is 5.94. The Balaban J connectivity index is 2.98. The van der Waals surface area contributed by atoms with Crippen molar-refractivity contribution in [3.05, 3.63) is 29.2 Å². The van der Waals surface area contributed by atoms with Crippen molar-refractivity contribution in [2.24, 2.45) is 0 Å². The van der Waals surface area contributed by atoms with Crippen molar-refractivity contribution >= 4 is 22.9 Å². The van der Waals surface area contributed by atoms with Crippen molar-refractivity contribution in [3.63, 3.8) is 0 Å². The predicted octanol–water partition coefficient (Wildman–Crippen LogP) is 1.88. The molecule has 0 aliphatic rings. The van der Waals surface area contributed by atoms with Crippen LogP contribution in [0.4, 0.5) is 5.69 Å². The van der Waals surface area contributed by atoms with Gasteiger partial charge in [-0.25, -0.2) is 4.98 Å². The Labute approximate surface area is 74.8 Å². The van der Waals surface area contributed by atoms with Gasteiger partial charge in [-0.15, -0.1) is 0 Å². The molecule has 0 aromatic carbocycles. The SMILES string of the molecule is Cc1cnc2c(N)ccc(Cl)n12. The number of imidazole rings is 1.